The van der Waals surface area contributed by atoms with Gasteiger partial charge in [-0.1, -0.05) is 12.1 Å². The van der Waals surface area contributed by atoms with E-state index in [0.29, 0.717) is 35.4 Å². The topological polar surface area (TPSA) is 46.6 Å². The van der Waals surface area contributed by atoms with Gasteiger partial charge in [-0.25, -0.2) is 0 Å². The summed E-state index contributed by atoms with van der Waals surface area (Å²) >= 11 is 0. The Bertz CT molecular complexity index is 922. The van der Waals surface area contributed by atoms with E-state index in [1.807, 2.05) is 0 Å². The minimum absolute atomic E-state index is 0.0570. The van der Waals surface area contributed by atoms with Gasteiger partial charge < -0.3 is 9.64 Å². The van der Waals surface area contributed by atoms with Crippen LogP contribution in [0.25, 0.3) is 0 Å². The van der Waals surface area contributed by atoms with Crippen LogP contribution in [0.5, 0.6) is 5.75 Å². The summed E-state index contributed by atoms with van der Waals surface area (Å²) in [6, 6.07) is 9.75. The molecule has 1 aliphatic rings. The summed E-state index contributed by atoms with van der Waals surface area (Å²) in [6.45, 7) is 2.00. The molecule has 0 N–H and O–H groups in total. The van der Waals surface area contributed by atoms with E-state index in [-0.39, 0.29) is 24.2 Å². The predicted octanol–water partition coefficient (Wildman–Crippen LogP) is 5.21. The van der Waals surface area contributed by atoms with Crippen LogP contribution < -0.4 is 4.74 Å². The number of ketones is 1. The predicted molar refractivity (Wildman–Crippen MR) is 106 cm³/mol. The largest absolute Gasteiger partial charge is 0.496 e. The second kappa shape index (κ2) is 8.90. The van der Waals surface area contributed by atoms with Crippen molar-refractivity contribution in [3.63, 3.8) is 0 Å². The number of carbonyl (C=O) groups is 2. The van der Waals surface area contributed by atoms with Crippen molar-refractivity contribution >= 4 is 11.7 Å². The number of ether oxygens (including phenoxy) is 1. The summed E-state index contributed by atoms with van der Waals surface area (Å²) < 4.78 is 43.9. The minimum Gasteiger partial charge on any atom is -0.496 e. The average molecular weight is 419 g/mol. The Hall–Kier alpha value is -2.83. The maximum absolute atomic E-state index is 13.1. The molecule has 3 rings (SSSR count). The van der Waals surface area contributed by atoms with Crippen LogP contribution in [0.1, 0.15) is 59.3 Å². The molecule has 0 saturated carbocycles. The monoisotopic (exact) mass is 419 g/mol. The first-order valence-corrected chi connectivity index (χ1v) is 9.85. The summed E-state index contributed by atoms with van der Waals surface area (Å²) in [6.07, 6.45) is -1.89. The Kier molecular flexibility index (Phi) is 6.48. The highest BCUT2D eigenvalue weighted by atomic mass is 19.4. The summed E-state index contributed by atoms with van der Waals surface area (Å²) in [5.74, 6) is 0.280. The van der Waals surface area contributed by atoms with Crippen LogP contribution in [0.3, 0.4) is 0 Å². The zero-order valence-electron chi connectivity index (χ0n) is 17.0. The maximum Gasteiger partial charge on any atom is 0.416 e. The van der Waals surface area contributed by atoms with Crippen LogP contribution in [-0.2, 0) is 17.4 Å². The van der Waals surface area contributed by atoms with Crippen molar-refractivity contribution < 1.29 is 27.5 Å². The van der Waals surface area contributed by atoms with Gasteiger partial charge in [0.1, 0.15) is 5.75 Å². The number of nitrogens with zero attached hydrogens (tertiary/aromatic N) is 1. The molecule has 7 heteroatoms. The van der Waals surface area contributed by atoms with Crippen molar-refractivity contribution in [3.05, 3.63) is 64.7 Å². The van der Waals surface area contributed by atoms with Crippen LogP contribution in [0.2, 0.25) is 0 Å². The van der Waals surface area contributed by atoms with Crippen molar-refractivity contribution in [2.45, 2.75) is 44.8 Å². The first-order valence-electron chi connectivity index (χ1n) is 9.85. The van der Waals surface area contributed by atoms with Gasteiger partial charge in [0.25, 0.3) is 0 Å². The van der Waals surface area contributed by atoms with Gasteiger partial charge in [-0.2, -0.15) is 13.2 Å². The molecule has 30 heavy (non-hydrogen) atoms. The van der Waals surface area contributed by atoms with Crippen molar-refractivity contribution in [2.24, 2.45) is 0 Å². The van der Waals surface area contributed by atoms with Crippen LogP contribution in [0, 0.1) is 0 Å². The van der Waals surface area contributed by atoms with E-state index in [0.717, 1.165) is 25.0 Å². The normalized spacial score (nSPS) is 17.0. The standard InChI is InChI=1S/C23H24F3NO3/c1-15(28)17-8-11-21(30-2)18(13-17)14-22(29)27-12-4-3-5-20(27)16-6-9-19(10-7-16)23(24,25)26/h6-11,13,20H,3-5,12,14H2,1-2H3/t20-/m0/s1. The SMILES string of the molecule is COc1ccc(C(C)=O)cc1CC(=O)N1CCCC[C@H]1c1ccc(C(F)(F)F)cc1. The van der Waals surface area contributed by atoms with Crippen LogP contribution in [-0.4, -0.2) is 30.2 Å². The summed E-state index contributed by atoms with van der Waals surface area (Å²) in [5, 5.41) is 0. The van der Waals surface area contributed by atoms with Crippen LogP contribution in [0.15, 0.2) is 42.5 Å². The van der Waals surface area contributed by atoms with Gasteiger partial charge in [0.2, 0.25) is 5.91 Å². The zero-order chi connectivity index (χ0) is 21.9. The molecule has 4 nitrogen and oxygen atoms in total. The Morgan fingerprint density at radius 3 is 2.40 bits per heavy atom. The van der Waals surface area contributed by atoms with E-state index in [4.69, 9.17) is 4.74 Å². The number of halogens is 3. The van der Waals surface area contributed by atoms with Gasteiger partial charge >= 0.3 is 6.18 Å². The molecule has 0 unspecified atom stereocenters. The maximum atomic E-state index is 13.1. The molecule has 2 aromatic rings. The Balaban J connectivity index is 1.84. The van der Waals surface area contributed by atoms with Gasteiger partial charge in [0, 0.05) is 17.7 Å². The molecule has 0 spiro atoms. The lowest BCUT2D eigenvalue weighted by Gasteiger charge is -2.36. The van der Waals surface area contributed by atoms with Crippen molar-refractivity contribution in [2.75, 3.05) is 13.7 Å². The number of amides is 1. The number of alkyl halides is 3. The van der Waals surface area contributed by atoms with E-state index in [1.54, 1.807) is 23.1 Å². The van der Waals surface area contributed by atoms with Gasteiger partial charge in [-0.15, -0.1) is 0 Å². The fraction of sp³-hybridized carbons (Fsp3) is 0.391. The highest BCUT2D eigenvalue weighted by Gasteiger charge is 2.32. The summed E-state index contributed by atoms with van der Waals surface area (Å²) in [7, 11) is 1.50. The van der Waals surface area contributed by atoms with Crippen LogP contribution in [0.4, 0.5) is 13.2 Å². The smallest absolute Gasteiger partial charge is 0.416 e. The third kappa shape index (κ3) is 4.83. The van der Waals surface area contributed by atoms with Gasteiger partial charge in [0.05, 0.1) is 25.1 Å². The van der Waals surface area contributed by atoms with Crippen molar-refractivity contribution in [3.8, 4) is 5.75 Å². The van der Waals surface area contributed by atoms with E-state index in [9.17, 15) is 22.8 Å². The number of Topliss-reactive ketones (excluding diaryl/α,β-unsaturated/α-hetero) is 1. The van der Waals surface area contributed by atoms with E-state index in [2.05, 4.69) is 0 Å². The van der Waals surface area contributed by atoms with E-state index >= 15 is 0 Å². The first-order chi connectivity index (χ1) is 14.2. The average Bonchev–Trinajstić information content (AvgIpc) is 2.73. The lowest BCUT2D eigenvalue weighted by Crippen LogP contribution is -2.39. The quantitative estimate of drug-likeness (QED) is 0.625. The van der Waals surface area contributed by atoms with Crippen molar-refractivity contribution in [1.82, 2.24) is 4.90 Å². The molecule has 160 valence electrons. The molecule has 1 saturated heterocycles. The second-order valence-corrected chi connectivity index (χ2v) is 7.48. The fourth-order valence-electron chi connectivity index (χ4n) is 3.87. The third-order valence-electron chi connectivity index (χ3n) is 5.47. The highest BCUT2D eigenvalue weighted by Crippen LogP contribution is 2.35. The Labute approximate surface area is 173 Å². The number of methoxy groups -OCH3 is 1. The number of carbonyl (C=O) groups excluding carboxylic acids is 2. The molecule has 0 bridgehead atoms. The van der Waals surface area contributed by atoms with Gasteiger partial charge in [0.15, 0.2) is 5.78 Å². The Morgan fingerprint density at radius 1 is 1.10 bits per heavy atom. The molecule has 1 aliphatic heterocycles. The Morgan fingerprint density at radius 2 is 1.80 bits per heavy atom. The molecule has 1 amide bonds. The fourth-order valence-corrected chi connectivity index (χ4v) is 3.87. The van der Waals surface area contributed by atoms with Crippen molar-refractivity contribution in [1.29, 1.82) is 0 Å². The molecule has 0 radical (unpaired) electrons. The molecule has 0 aliphatic carbocycles. The number of piperidine rings is 1. The molecule has 1 heterocycles. The number of benzene rings is 2. The lowest BCUT2D eigenvalue weighted by atomic mass is 9.93. The second-order valence-electron chi connectivity index (χ2n) is 7.48. The molecule has 0 aromatic heterocycles. The van der Waals surface area contributed by atoms with Crippen LogP contribution >= 0.6 is 0 Å². The number of hydrogen-bond donors (Lipinski definition) is 0. The number of hydrogen-bond acceptors (Lipinski definition) is 3. The molecular weight excluding hydrogens is 395 g/mol. The first kappa shape index (κ1) is 21.9. The zero-order valence-corrected chi connectivity index (χ0v) is 17.0. The summed E-state index contributed by atoms with van der Waals surface area (Å²) in [5.41, 5.74) is 1.11. The number of likely N-dealkylation sites (tertiary alicyclic amines) is 1. The highest BCUT2D eigenvalue weighted by molar-refractivity contribution is 5.94. The molecule has 1 fully saturated rings. The van der Waals surface area contributed by atoms with Gasteiger partial charge in [-0.3, -0.25) is 9.59 Å². The third-order valence-corrected chi connectivity index (χ3v) is 5.47. The minimum atomic E-state index is -4.39. The molecule has 1 atom stereocenters. The van der Waals surface area contributed by atoms with E-state index in [1.165, 1.54) is 26.2 Å². The molecule has 2 aromatic carbocycles. The molecular formula is C23H24F3NO3. The van der Waals surface area contributed by atoms with Gasteiger partial charge in [-0.05, 0) is 62.1 Å². The lowest BCUT2D eigenvalue weighted by molar-refractivity contribution is -0.138. The number of rotatable bonds is 5. The summed E-state index contributed by atoms with van der Waals surface area (Å²) in [4.78, 5) is 26.6. The van der Waals surface area contributed by atoms with E-state index < -0.39 is 11.7 Å².